The monoisotopic (exact) mass is 319 g/mol. The van der Waals surface area contributed by atoms with Crippen LogP contribution < -0.4 is 10.5 Å². The first-order valence-electron chi connectivity index (χ1n) is 6.33. The first kappa shape index (κ1) is 13.9. The molecule has 0 radical (unpaired) electrons. The molecule has 0 unspecified atom stereocenters. The van der Waals surface area contributed by atoms with E-state index in [1.807, 2.05) is 30.3 Å². The van der Waals surface area contributed by atoms with Crippen LogP contribution in [0.3, 0.4) is 0 Å². The zero-order valence-electron chi connectivity index (χ0n) is 11.2. The molecule has 0 aliphatic rings. The smallest absolute Gasteiger partial charge is 0.119 e. The molecule has 0 spiro atoms. The van der Waals surface area contributed by atoms with E-state index in [-0.39, 0.29) is 0 Å². The van der Waals surface area contributed by atoms with Gasteiger partial charge >= 0.3 is 0 Å². The minimum absolute atomic E-state index is 0.507. The van der Waals surface area contributed by atoms with Gasteiger partial charge in [0.05, 0.1) is 0 Å². The average Bonchev–Trinajstić information content (AvgIpc) is 2.41. The summed E-state index contributed by atoms with van der Waals surface area (Å²) in [5.41, 5.74) is 8.94. The van der Waals surface area contributed by atoms with Gasteiger partial charge in [-0.15, -0.1) is 0 Å². The van der Waals surface area contributed by atoms with Crippen molar-refractivity contribution in [1.29, 1.82) is 0 Å². The van der Waals surface area contributed by atoms with Crippen LogP contribution in [0.15, 0.2) is 46.9 Å². The Morgan fingerprint density at radius 1 is 1.11 bits per heavy atom. The van der Waals surface area contributed by atoms with E-state index in [1.165, 1.54) is 5.56 Å². The highest BCUT2D eigenvalue weighted by Gasteiger charge is 2.04. The number of hydrogen-bond donors (Lipinski definition) is 1. The Bertz CT molecular complexity index is 549. The van der Waals surface area contributed by atoms with E-state index >= 15 is 0 Å². The summed E-state index contributed by atoms with van der Waals surface area (Å²) in [5, 5.41) is 0. The highest BCUT2D eigenvalue weighted by atomic mass is 79.9. The fraction of sp³-hybridized carbons (Fsp3) is 0.250. The highest BCUT2D eigenvalue weighted by molar-refractivity contribution is 9.10. The van der Waals surface area contributed by atoms with Crippen molar-refractivity contribution in [3.05, 3.63) is 58.1 Å². The second-order valence-electron chi connectivity index (χ2n) is 4.83. The largest absolute Gasteiger partial charge is 0.489 e. The molecule has 2 nitrogen and oxygen atoms in total. The zero-order valence-corrected chi connectivity index (χ0v) is 12.8. The SMILES string of the molecule is CC(C)c1ccc(OCc2cccc(N)c2Br)cc1. The molecule has 100 valence electrons. The summed E-state index contributed by atoms with van der Waals surface area (Å²) in [6, 6.07) is 14.0. The molecule has 0 amide bonds. The van der Waals surface area contributed by atoms with Crippen molar-refractivity contribution >= 4 is 21.6 Å². The van der Waals surface area contributed by atoms with E-state index in [0.29, 0.717) is 12.5 Å². The summed E-state index contributed by atoms with van der Waals surface area (Å²) >= 11 is 3.48. The second kappa shape index (κ2) is 6.11. The third-order valence-electron chi connectivity index (χ3n) is 3.05. The van der Waals surface area contributed by atoms with Crippen molar-refractivity contribution in [2.75, 3.05) is 5.73 Å². The Morgan fingerprint density at radius 3 is 2.42 bits per heavy atom. The van der Waals surface area contributed by atoms with Crippen LogP contribution in [0.5, 0.6) is 5.75 Å². The predicted octanol–water partition coefficient (Wildman–Crippen LogP) is 4.73. The lowest BCUT2D eigenvalue weighted by atomic mass is 10.0. The summed E-state index contributed by atoms with van der Waals surface area (Å²) in [6.07, 6.45) is 0. The third-order valence-corrected chi connectivity index (χ3v) is 4.02. The van der Waals surface area contributed by atoms with E-state index in [9.17, 15) is 0 Å². The quantitative estimate of drug-likeness (QED) is 0.826. The standard InChI is InChI=1S/C16H18BrNO/c1-11(2)12-6-8-14(9-7-12)19-10-13-4-3-5-15(18)16(13)17/h3-9,11H,10,18H2,1-2H3. The van der Waals surface area contributed by atoms with Gasteiger partial charge in [0.15, 0.2) is 0 Å². The van der Waals surface area contributed by atoms with Gasteiger partial charge in [-0.1, -0.05) is 38.1 Å². The van der Waals surface area contributed by atoms with Gasteiger partial charge in [0, 0.05) is 15.7 Å². The third kappa shape index (κ3) is 3.51. The minimum Gasteiger partial charge on any atom is -0.489 e. The number of hydrogen-bond acceptors (Lipinski definition) is 2. The fourth-order valence-electron chi connectivity index (χ4n) is 1.82. The van der Waals surface area contributed by atoms with Crippen LogP contribution in [0.25, 0.3) is 0 Å². The summed E-state index contributed by atoms with van der Waals surface area (Å²) in [5.74, 6) is 1.41. The number of nitrogens with two attached hydrogens (primary N) is 1. The van der Waals surface area contributed by atoms with Gasteiger partial charge in [0.25, 0.3) is 0 Å². The van der Waals surface area contributed by atoms with E-state index in [1.54, 1.807) is 0 Å². The molecule has 0 aliphatic carbocycles. The maximum absolute atomic E-state index is 5.84. The van der Waals surface area contributed by atoms with Crippen LogP contribution in [0.4, 0.5) is 5.69 Å². The Balaban J connectivity index is 2.04. The molecule has 0 saturated heterocycles. The number of nitrogen functional groups attached to an aromatic ring is 1. The minimum atomic E-state index is 0.507. The summed E-state index contributed by atoms with van der Waals surface area (Å²) < 4.78 is 6.69. The number of ether oxygens (including phenoxy) is 1. The van der Waals surface area contributed by atoms with Crippen molar-refractivity contribution in [3.8, 4) is 5.75 Å². The molecule has 0 fully saturated rings. The molecule has 0 aromatic heterocycles. The fourth-order valence-corrected chi connectivity index (χ4v) is 2.20. The Morgan fingerprint density at radius 2 is 1.79 bits per heavy atom. The molecule has 19 heavy (non-hydrogen) atoms. The van der Waals surface area contributed by atoms with Crippen LogP contribution in [-0.2, 0) is 6.61 Å². The van der Waals surface area contributed by atoms with E-state index in [0.717, 1.165) is 21.5 Å². The second-order valence-corrected chi connectivity index (χ2v) is 5.63. The van der Waals surface area contributed by atoms with Gasteiger partial charge in [-0.2, -0.15) is 0 Å². The van der Waals surface area contributed by atoms with Crippen molar-refractivity contribution in [1.82, 2.24) is 0 Å². The molecular formula is C16H18BrNO. The van der Waals surface area contributed by atoms with Crippen LogP contribution in [0.2, 0.25) is 0 Å². The number of rotatable bonds is 4. The molecule has 0 aliphatic heterocycles. The van der Waals surface area contributed by atoms with Crippen LogP contribution in [0.1, 0.15) is 30.9 Å². The van der Waals surface area contributed by atoms with Crippen molar-refractivity contribution in [3.63, 3.8) is 0 Å². The zero-order chi connectivity index (χ0) is 13.8. The van der Waals surface area contributed by atoms with E-state index in [2.05, 4.69) is 41.9 Å². The lowest BCUT2D eigenvalue weighted by Gasteiger charge is -2.10. The van der Waals surface area contributed by atoms with Gasteiger partial charge < -0.3 is 10.5 Å². The average molecular weight is 320 g/mol. The summed E-state index contributed by atoms with van der Waals surface area (Å²) in [7, 11) is 0. The Kier molecular flexibility index (Phi) is 4.48. The molecular weight excluding hydrogens is 302 g/mol. The topological polar surface area (TPSA) is 35.2 Å². The van der Waals surface area contributed by atoms with Gasteiger partial charge in [-0.05, 0) is 45.6 Å². The van der Waals surface area contributed by atoms with Crippen molar-refractivity contribution < 1.29 is 4.74 Å². The first-order valence-corrected chi connectivity index (χ1v) is 7.13. The lowest BCUT2D eigenvalue weighted by Crippen LogP contribution is -1.99. The highest BCUT2D eigenvalue weighted by Crippen LogP contribution is 2.25. The van der Waals surface area contributed by atoms with Gasteiger partial charge in [0.1, 0.15) is 12.4 Å². The summed E-state index contributed by atoms with van der Waals surface area (Å²) in [4.78, 5) is 0. The Hall–Kier alpha value is -1.48. The number of benzene rings is 2. The molecule has 2 aromatic rings. The molecule has 2 rings (SSSR count). The molecule has 3 heteroatoms. The van der Waals surface area contributed by atoms with Crippen LogP contribution >= 0.6 is 15.9 Å². The van der Waals surface area contributed by atoms with E-state index in [4.69, 9.17) is 10.5 Å². The van der Waals surface area contributed by atoms with Gasteiger partial charge in [0.2, 0.25) is 0 Å². The first-order chi connectivity index (χ1) is 9.08. The normalized spacial score (nSPS) is 10.7. The van der Waals surface area contributed by atoms with Crippen molar-refractivity contribution in [2.24, 2.45) is 0 Å². The molecule has 2 N–H and O–H groups in total. The molecule has 0 saturated carbocycles. The molecule has 2 aromatic carbocycles. The van der Waals surface area contributed by atoms with Crippen LogP contribution in [0, 0.1) is 0 Å². The number of halogens is 1. The maximum atomic E-state index is 5.84. The lowest BCUT2D eigenvalue weighted by molar-refractivity contribution is 0.305. The molecule has 0 heterocycles. The Labute approximate surface area is 122 Å². The molecule has 0 atom stereocenters. The maximum Gasteiger partial charge on any atom is 0.119 e. The molecule has 0 bridgehead atoms. The van der Waals surface area contributed by atoms with Gasteiger partial charge in [-0.3, -0.25) is 0 Å². The van der Waals surface area contributed by atoms with E-state index < -0.39 is 0 Å². The predicted molar refractivity (Wildman–Crippen MR) is 83.4 cm³/mol. The van der Waals surface area contributed by atoms with Crippen molar-refractivity contribution in [2.45, 2.75) is 26.4 Å². The summed E-state index contributed by atoms with van der Waals surface area (Å²) in [6.45, 7) is 4.87. The van der Waals surface area contributed by atoms with Gasteiger partial charge in [-0.25, -0.2) is 0 Å². The van der Waals surface area contributed by atoms with Crippen LogP contribution in [-0.4, -0.2) is 0 Å². The number of anilines is 1.